The lowest BCUT2D eigenvalue weighted by atomic mass is 9.84. The highest BCUT2D eigenvalue weighted by Gasteiger charge is 2.14. The first-order valence-electron chi connectivity index (χ1n) is 7.08. The van der Waals surface area contributed by atoms with Gasteiger partial charge in [0.25, 0.3) is 0 Å². The van der Waals surface area contributed by atoms with Crippen molar-refractivity contribution in [2.75, 3.05) is 6.61 Å². The lowest BCUT2D eigenvalue weighted by molar-refractivity contribution is 0.146. The monoisotopic (exact) mass is 244 g/mol. The summed E-state index contributed by atoms with van der Waals surface area (Å²) in [5.74, 6) is 0.765. The molecule has 1 radical (unpaired) electrons. The van der Waals surface area contributed by atoms with Crippen LogP contribution in [0.2, 0.25) is 0 Å². The number of hydrogen-bond donors (Lipinski definition) is 0. The summed E-state index contributed by atoms with van der Waals surface area (Å²) in [7, 11) is 0. The summed E-state index contributed by atoms with van der Waals surface area (Å²) in [6, 6.07) is 8.60. The molecule has 0 aliphatic heterocycles. The maximum atomic E-state index is 5.05. The van der Waals surface area contributed by atoms with Gasteiger partial charge < -0.3 is 4.84 Å². The molecule has 0 bridgehead atoms. The maximum Gasteiger partial charge on any atom is 0.139 e. The van der Waals surface area contributed by atoms with Crippen molar-refractivity contribution in [2.24, 2.45) is 5.16 Å². The van der Waals surface area contributed by atoms with E-state index in [4.69, 9.17) is 4.84 Å². The van der Waals surface area contributed by atoms with Crippen LogP contribution in [-0.2, 0) is 4.84 Å². The normalized spacial score (nSPS) is 17.2. The molecule has 1 aromatic carbocycles. The van der Waals surface area contributed by atoms with E-state index in [2.05, 4.69) is 42.6 Å². The third-order valence-electron chi connectivity index (χ3n) is 3.52. The van der Waals surface area contributed by atoms with Crippen LogP contribution in [0.15, 0.2) is 29.4 Å². The summed E-state index contributed by atoms with van der Waals surface area (Å²) in [4.78, 5) is 5.05. The number of nitrogens with zero attached hydrogens (tertiary/aromatic N) is 1. The minimum atomic E-state index is 0.660. The van der Waals surface area contributed by atoms with Gasteiger partial charge >= 0.3 is 0 Å². The molecule has 0 heterocycles. The lowest BCUT2D eigenvalue weighted by Crippen LogP contribution is -2.04. The van der Waals surface area contributed by atoms with E-state index >= 15 is 0 Å². The van der Waals surface area contributed by atoms with Crippen molar-refractivity contribution in [1.29, 1.82) is 0 Å². The van der Waals surface area contributed by atoms with Crippen LogP contribution < -0.4 is 0 Å². The number of benzene rings is 1. The maximum absolute atomic E-state index is 5.05. The van der Waals surface area contributed by atoms with Crippen molar-refractivity contribution in [1.82, 2.24) is 0 Å². The molecule has 2 nitrogen and oxygen atoms in total. The first-order valence-corrected chi connectivity index (χ1v) is 7.08. The van der Waals surface area contributed by atoms with Crippen molar-refractivity contribution < 1.29 is 4.84 Å². The second-order valence-corrected chi connectivity index (χ2v) is 4.99. The van der Waals surface area contributed by atoms with Gasteiger partial charge in [-0.05, 0) is 30.7 Å². The summed E-state index contributed by atoms with van der Waals surface area (Å²) in [5.41, 5.74) is 2.46. The predicted octanol–water partition coefficient (Wildman–Crippen LogP) is 4.37. The van der Waals surface area contributed by atoms with Crippen LogP contribution in [0.1, 0.15) is 62.5 Å². The SMILES string of the molecule is CCCO/N=[C]\c1ccc(C2CCCCC2)cc1. The topological polar surface area (TPSA) is 21.6 Å². The molecule has 0 saturated heterocycles. The molecule has 97 valence electrons. The van der Waals surface area contributed by atoms with Crippen LogP contribution in [0.25, 0.3) is 0 Å². The van der Waals surface area contributed by atoms with Crippen LogP contribution in [0.4, 0.5) is 0 Å². The van der Waals surface area contributed by atoms with Gasteiger partial charge in [-0.3, -0.25) is 0 Å². The molecule has 18 heavy (non-hydrogen) atoms. The van der Waals surface area contributed by atoms with E-state index in [1.54, 1.807) is 0 Å². The smallest absolute Gasteiger partial charge is 0.139 e. The minimum Gasteiger partial charge on any atom is -0.395 e. The van der Waals surface area contributed by atoms with Gasteiger partial charge in [-0.2, -0.15) is 0 Å². The van der Waals surface area contributed by atoms with Gasteiger partial charge in [-0.15, -0.1) is 0 Å². The summed E-state index contributed by atoms with van der Waals surface area (Å²) < 4.78 is 0. The third-order valence-corrected chi connectivity index (χ3v) is 3.52. The average Bonchev–Trinajstić information content (AvgIpc) is 2.45. The fraction of sp³-hybridized carbons (Fsp3) is 0.562. The number of hydrogen-bond acceptors (Lipinski definition) is 2. The molecule has 1 saturated carbocycles. The fourth-order valence-corrected chi connectivity index (χ4v) is 2.49. The Morgan fingerprint density at radius 1 is 1.17 bits per heavy atom. The second-order valence-electron chi connectivity index (χ2n) is 4.99. The van der Waals surface area contributed by atoms with Gasteiger partial charge in [0, 0.05) is 5.56 Å². The van der Waals surface area contributed by atoms with Crippen LogP contribution in [0.3, 0.4) is 0 Å². The van der Waals surface area contributed by atoms with Crippen LogP contribution in [0.5, 0.6) is 0 Å². The Morgan fingerprint density at radius 3 is 2.56 bits per heavy atom. The Kier molecular flexibility index (Phi) is 5.25. The van der Waals surface area contributed by atoms with Gasteiger partial charge in [0.15, 0.2) is 0 Å². The van der Waals surface area contributed by atoms with E-state index in [0.717, 1.165) is 17.9 Å². The molecule has 0 unspecified atom stereocenters. The minimum absolute atomic E-state index is 0.660. The quantitative estimate of drug-likeness (QED) is 0.428. The Hall–Kier alpha value is -1.31. The highest BCUT2D eigenvalue weighted by molar-refractivity contribution is 5.79. The zero-order valence-corrected chi connectivity index (χ0v) is 11.2. The van der Waals surface area contributed by atoms with Crippen molar-refractivity contribution in [3.05, 3.63) is 35.4 Å². The Balaban J connectivity index is 1.90. The zero-order chi connectivity index (χ0) is 12.6. The molecule has 0 N–H and O–H groups in total. The Morgan fingerprint density at radius 2 is 1.89 bits per heavy atom. The van der Waals surface area contributed by atoms with E-state index in [1.165, 1.54) is 37.7 Å². The van der Waals surface area contributed by atoms with Crippen molar-refractivity contribution in [2.45, 2.75) is 51.4 Å². The van der Waals surface area contributed by atoms with E-state index in [-0.39, 0.29) is 0 Å². The molecule has 0 spiro atoms. The van der Waals surface area contributed by atoms with Gasteiger partial charge in [-0.25, -0.2) is 0 Å². The van der Waals surface area contributed by atoms with Gasteiger partial charge in [0.2, 0.25) is 0 Å². The molecule has 2 rings (SSSR count). The average molecular weight is 244 g/mol. The summed E-state index contributed by atoms with van der Waals surface area (Å²) in [6.45, 7) is 2.72. The molecule has 0 amide bonds. The zero-order valence-electron chi connectivity index (χ0n) is 11.2. The molecular formula is C16H22NO. The molecule has 1 aromatic rings. The molecule has 0 atom stereocenters. The standard InChI is InChI=1S/C16H22NO/c1-2-12-18-17-13-14-8-10-16(11-9-14)15-6-4-3-5-7-15/h8-11,15H,2-7,12H2,1H3. The molecule has 1 fully saturated rings. The van der Waals surface area contributed by atoms with Gasteiger partial charge in [0.05, 0.1) is 0 Å². The van der Waals surface area contributed by atoms with Crippen molar-refractivity contribution in [3.8, 4) is 0 Å². The van der Waals surface area contributed by atoms with E-state index in [9.17, 15) is 0 Å². The highest BCUT2D eigenvalue weighted by Crippen LogP contribution is 2.32. The first-order chi connectivity index (χ1) is 8.90. The Labute approximate surface area is 110 Å². The summed E-state index contributed by atoms with van der Waals surface area (Å²) in [5, 5.41) is 3.82. The van der Waals surface area contributed by atoms with Crippen LogP contribution in [-0.4, -0.2) is 12.8 Å². The number of rotatable bonds is 5. The van der Waals surface area contributed by atoms with Crippen LogP contribution >= 0.6 is 0 Å². The first kappa shape index (κ1) is 13.1. The molecule has 0 aromatic heterocycles. The van der Waals surface area contributed by atoms with Crippen molar-refractivity contribution >= 4 is 6.21 Å². The molecule has 1 aliphatic carbocycles. The van der Waals surface area contributed by atoms with Crippen LogP contribution in [0, 0.1) is 0 Å². The molecule has 1 aliphatic rings. The van der Waals surface area contributed by atoms with E-state index in [0.29, 0.717) is 6.61 Å². The van der Waals surface area contributed by atoms with E-state index in [1.807, 2.05) is 0 Å². The fourth-order valence-electron chi connectivity index (χ4n) is 2.49. The highest BCUT2D eigenvalue weighted by atomic mass is 16.6. The predicted molar refractivity (Wildman–Crippen MR) is 75.0 cm³/mol. The molecular weight excluding hydrogens is 222 g/mol. The Bertz CT molecular complexity index is 363. The lowest BCUT2D eigenvalue weighted by Gasteiger charge is -2.21. The summed E-state index contributed by atoms with van der Waals surface area (Å²) in [6.07, 6.45) is 10.7. The third kappa shape index (κ3) is 3.86. The largest absolute Gasteiger partial charge is 0.395 e. The van der Waals surface area contributed by atoms with Gasteiger partial charge in [-0.1, -0.05) is 55.6 Å². The van der Waals surface area contributed by atoms with Crippen molar-refractivity contribution in [3.63, 3.8) is 0 Å². The summed E-state index contributed by atoms with van der Waals surface area (Å²) >= 11 is 0. The molecule has 2 heteroatoms. The van der Waals surface area contributed by atoms with Gasteiger partial charge in [0.1, 0.15) is 12.8 Å². The van der Waals surface area contributed by atoms with E-state index < -0.39 is 0 Å². The second kappa shape index (κ2) is 7.20.